The number of halogens is 1. The molecule has 220 valence electrons. The lowest BCUT2D eigenvalue weighted by Gasteiger charge is -2.33. The highest BCUT2D eigenvalue weighted by Crippen LogP contribution is 2.40. The van der Waals surface area contributed by atoms with Gasteiger partial charge in [-0.15, -0.1) is 0 Å². The van der Waals surface area contributed by atoms with Crippen molar-refractivity contribution in [3.63, 3.8) is 0 Å². The zero-order chi connectivity index (χ0) is 30.1. The van der Waals surface area contributed by atoms with Crippen LogP contribution >= 0.6 is 11.9 Å². The van der Waals surface area contributed by atoms with Crippen LogP contribution in [0.15, 0.2) is 95.9 Å². The average Bonchev–Trinajstić information content (AvgIpc) is 3.24. The molecule has 0 spiro atoms. The van der Waals surface area contributed by atoms with Crippen molar-refractivity contribution in [2.75, 3.05) is 37.1 Å². The molecule has 3 aromatic carbocycles. The van der Waals surface area contributed by atoms with Crippen molar-refractivity contribution >= 4 is 46.0 Å². The van der Waals surface area contributed by atoms with Gasteiger partial charge in [-0.1, -0.05) is 54.6 Å². The molecule has 0 amide bonds. The fourth-order valence-electron chi connectivity index (χ4n) is 4.70. The fraction of sp³-hybridized carbons (Fsp3) is 0.273. The number of carbonyl (C=O) groups is 2. The highest BCUT2D eigenvalue weighted by atomic mass is 32.2. The Labute approximate surface area is 250 Å². The number of fused-ring (bicyclic) bond motifs is 1. The molecule has 1 aliphatic rings. The summed E-state index contributed by atoms with van der Waals surface area (Å²) in [6.45, 7) is 2.44. The van der Waals surface area contributed by atoms with Crippen molar-refractivity contribution < 1.29 is 28.2 Å². The van der Waals surface area contributed by atoms with Crippen molar-refractivity contribution in [3.8, 4) is 0 Å². The highest BCUT2D eigenvalue weighted by molar-refractivity contribution is 8.04. The van der Waals surface area contributed by atoms with Gasteiger partial charge in [0.2, 0.25) is 0 Å². The van der Waals surface area contributed by atoms with Crippen LogP contribution < -0.4 is 9.21 Å². The molecule has 4 rings (SSSR count). The van der Waals surface area contributed by atoms with Crippen LogP contribution in [0.4, 0.5) is 15.8 Å². The van der Waals surface area contributed by atoms with Crippen molar-refractivity contribution in [2.45, 2.75) is 32.0 Å². The number of carbonyl (C=O) groups excluding carboxylic acids is 2. The Morgan fingerprint density at radius 2 is 1.57 bits per heavy atom. The van der Waals surface area contributed by atoms with Gasteiger partial charge in [0, 0.05) is 41.1 Å². The molecular formula is C33H35FN2O5S. The van der Waals surface area contributed by atoms with Gasteiger partial charge in [0.15, 0.2) is 0 Å². The van der Waals surface area contributed by atoms with Crippen LogP contribution in [-0.4, -0.2) is 52.0 Å². The Morgan fingerprint density at radius 1 is 0.905 bits per heavy atom. The molecule has 0 aliphatic heterocycles. The maximum atomic E-state index is 13.7. The number of methoxy groups -OCH3 is 3. The van der Waals surface area contributed by atoms with E-state index in [4.69, 9.17) is 14.2 Å². The second-order valence-corrected chi connectivity index (χ2v) is 10.8. The Kier molecular flexibility index (Phi) is 10.8. The molecule has 0 bridgehead atoms. The number of rotatable bonds is 12. The molecule has 0 saturated heterocycles. The Hall–Kier alpha value is -4.08. The number of anilines is 2. The van der Waals surface area contributed by atoms with Gasteiger partial charge < -0.3 is 23.4 Å². The first kappa shape index (κ1) is 30.9. The SMILES string of the molecule is COC(=O)CC(C)N(Cc1ccc(F)cc1)c1ccc(N(CC(=O)OC)SC2=CC=CC(OC)C=C2)c2ccccc12. The second kappa shape index (κ2) is 14.7. The molecule has 0 aromatic heterocycles. The van der Waals surface area contributed by atoms with Gasteiger partial charge in [-0.05, 0) is 60.9 Å². The topological polar surface area (TPSA) is 68.3 Å². The molecule has 42 heavy (non-hydrogen) atoms. The third-order valence-electron chi connectivity index (χ3n) is 6.94. The molecule has 0 fully saturated rings. The minimum Gasteiger partial charge on any atom is -0.469 e. The molecule has 0 N–H and O–H groups in total. The normalized spacial score (nSPS) is 15.1. The first-order valence-electron chi connectivity index (χ1n) is 13.5. The summed E-state index contributed by atoms with van der Waals surface area (Å²) in [5.41, 5.74) is 2.63. The van der Waals surface area contributed by atoms with E-state index in [0.717, 1.165) is 32.6 Å². The van der Waals surface area contributed by atoms with E-state index in [-0.39, 0.29) is 42.9 Å². The average molecular weight is 591 g/mol. The van der Waals surface area contributed by atoms with Crippen LogP contribution in [0.5, 0.6) is 0 Å². The molecule has 0 radical (unpaired) electrons. The number of esters is 2. The number of nitrogens with zero attached hydrogens (tertiary/aromatic N) is 2. The standard InChI is InChI=1S/C33H35FN2O5S/c1-23(20-32(37)40-3)35(21-24-12-14-25(34)15-13-24)30-18-19-31(29-11-6-5-10-28(29)30)36(22-33(38)41-4)42-27-9-7-8-26(39-2)16-17-27/h5-19,23,26H,20-22H2,1-4H3. The van der Waals surface area contributed by atoms with Gasteiger partial charge in [0.1, 0.15) is 12.4 Å². The van der Waals surface area contributed by atoms with E-state index in [2.05, 4.69) is 4.90 Å². The van der Waals surface area contributed by atoms with E-state index < -0.39 is 0 Å². The van der Waals surface area contributed by atoms with Crippen molar-refractivity contribution in [3.05, 3.63) is 107 Å². The minimum atomic E-state index is -0.371. The van der Waals surface area contributed by atoms with E-state index in [0.29, 0.717) is 6.54 Å². The van der Waals surface area contributed by atoms with Crippen LogP contribution in [0.3, 0.4) is 0 Å². The van der Waals surface area contributed by atoms with Crippen molar-refractivity contribution in [1.82, 2.24) is 0 Å². The van der Waals surface area contributed by atoms with E-state index in [1.54, 1.807) is 19.2 Å². The molecule has 0 heterocycles. The lowest BCUT2D eigenvalue weighted by molar-refractivity contribution is -0.141. The third kappa shape index (κ3) is 7.80. The first-order chi connectivity index (χ1) is 20.3. The first-order valence-corrected chi connectivity index (χ1v) is 14.3. The van der Waals surface area contributed by atoms with E-state index in [1.165, 1.54) is 38.3 Å². The quantitative estimate of drug-likeness (QED) is 0.173. The predicted octanol–water partition coefficient (Wildman–Crippen LogP) is 6.59. The summed E-state index contributed by atoms with van der Waals surface area (Å²) < 4.78 is 31.0. The van der Waals surface area contributed by atoms with Gasteiger partial charge >= 0.3 is 11.9 Å². The van der Waals surface area contributed by atoms with Crippen LogP contribution in [0, 0.1) is 5.82 Å². The zero-order valence-electron chi connectivity index (χ0n) is 24.2. The Bertz CT molecular complexity index is 1490. The number of allylic oxidation sites excluding steroid dienone is 3. The van der Waals surface area contributed by atoms with Gasteiger partial charge in [-0.2, -0.15) is 0 Å². The molecule has 1 aliphatic carbocycles. The van der Waals surface area contributed by atoms with Crippen LogP contribution in [0.1, 0.15) is 18.9 Å². The van der Waals surface area contributed by atoms with E-state index in [1.807, 2.05) is 78.0 Å². The zero-order valence-corrected chi connectivity index (χ0v) is 25.0. The van der Waals surface area contributed by atoms with Gasteiger partial charge in [-0.3, -0.25) is 9.59 Å². The smallest absolute Gasteiger partial charge is 0.326 e. The Balaban J connectivity index is 1.78. The number of benzene rings is 3. The summed E-state index contributed by atoms with van der Waals surface area (Å²) in [7, 11) is 4.40. The lowest BCUT2D eigenvalue weighted by atomic mass is 10.0. The number of hydrogen-bond donors (Lipinski definition) is 0. The third-order valence-corrected chi connectivity index (χ3v) is 7.97. The molecule has 7 nitrogen and oxygen atoms in total. The molecule has 2 atom stereocenters. The monoisotopic (exact) mass is 590 g/mol. The van der Waals surface area contributed by atoms with Gasteiger partial charge in [0.25, 0.3) is 0 Å². The second-order valence-electron chi connectivity index (χ2n) is 9.75. The summed E-state index contributed by atoms with van der Waals surface area (Å²) in [6.07, 6.45) is 9.82. The summed E-state index contributed by atoms with van der Waals surface area (Å²) in [5.74, 6) is -0.996. The maximum Gasteiger partial charge on any atom is 0.326 e. The van der Waals surface area contributed by atoms with Crippen LogP contribution in [0.25, 0.3) is 10.8 Å². The summed E-state index contributed by atoms with van der Waals surface area (Å²) in [6, 6.07) is 18.1. The Morgan fingerprint density at radius 3 is 2.24 bits per heavy atom. The lowest BCUT2D eigenvalue weighted by Crippen LogP contribution is -2.35. The summed E-state index contributed by atoms with van der Waals surface area (Å²) in [4.78, 5) is 27.9. The minimum absolute atomic E-state index is 0.0190. The van der Waals surface area contributed by atoms with Gasteiger partial charge in [0.05, 0.1) is 32.4 Å². The van der Waals surface area contributed by atoms with Gasteiger partial charge in [-0.25, -0.2) is 4.39 Å². The van der Waals surface area contributed by atoms with Crippen LogP contribution in [0.2, 0.25) is 0 Å². The van der Waals surface area contributed by atoms with E-state index >= 15 is 0 Å². The maximum absolute atomic E-state index is 13.7. The van der Waals surface area contributed by atoms with Crippen LogP contribution in [-0.2, 0) is 30.3 Å². The summed E-state index contributed by atoms with van der Waals surface area (Å²) in [5, 5.41) is 1.86. The molecular weight excluding hydrogens is 555 g/mol. The summed E-state index contributed by atoms with van der Waals surface area (Å²) >= 11 is 1.43. The number of hydrogen-bond acceptors (Lipinski definition) is 8. The largest absolute Gasteiger partial charge is 0.469 e. The fourth-order valence-corrected chi connectivity index (χ4v) is 5.66. The molecule has 9 heteroatoms. The number of ether oxygens (including phenoxy) is 3. The molecule has 3 aromatic rings. The van der Waals surface area contributed by atoms with Crippen molar-refractivity contribution in [2.24, 2.45) is 0 Å². The van der Waals surface area contributed by atoms with Crippen molar-refractivity contribution in [1.29, 1.82) is 0 Å². The molecule has 2 unspecified atom stereocenters. The molecule has 0 saturated carbocycles. The van der Waals surface area contributed by atoms with E-state index in [9.17, 15) is 14.0 Å². The predicted molar refractivity (Wildman–Crippen MR) is 167 cm³/mol. The highest BCUT2D eigenvalue weighted by Gasteiger charge is 2.24.